The molecule has 0 spiro atoms. The molecular weight excluding hydrogens is 342 g/mol. The molecule has 2 unspecified atom stereocenters. The summed E-state index contributed by atoms with van der Waals surface area (Å²) in [4.78, 5) is 14.8. The zero-order valence-corrected chi connectivity index (χ0v) is 15.5. The molecule has 27 heavy (non-hydrogen) atoms. The predicted octanol–water partition coefficient (Wildman–Crippen LogP) is 4.61. The topological polar surface area (TPSA) is 48.0 Å². The van der Waals surface area contributed by atoms with E-state index in [2.05, 4.69) is 0 Å². The van der Waals surface area contributed by atoms with Crippen molar-refractivity contribution in [3.8, 4) is 0 Å². The van der Waals surface area contributed by atoms with Crippen LogP contribution in [0.4, 0.5) is 4.79 Å². The summed E-state index contributed by atoms with van der Waals surface area (Å²) in [7, 11) is 0. The van der Waals surface area contributed by atoms with Gasteiger partial charge in [-0.1, -0.05) is 60.7 Å². The Morgan fingerprint density at radius 2 is 1.67 bits per heavy atom. The number of carbonyl (C=O) groups excluding carboxylic acids is 1. The van der Waals surface area contributed by atoms with Gasteiger partial charge in [0.05, 0.1) is 18.4 Å². The van der Waals surface area contributed by atoms with E-state index in [1.165, 1.54) is 0 Å². The summed E-state index contributed by atoms with van der Waals surface area (Å²) in [6, 6.07) is 19.3. The van der Waals surface area contributed by atoms with Crippen LogP contribution in [0.3, 0.4) is 0 Å². The van der Waals surface area contributed by atoms with Crippen LogP contribution in [0.5, 0.6) is 0 Å². The van der Waals surface area contributed by atoms with Gasteiger partial charge in [-0.05, 0) is 37.5 Å². The van der Waals surface area contributed by atoms with E-state index in [0.29, 0.717) is 18.8 Å². The van der Waals surface area contributed by atoms with Crippen LogP contribution in [-0.2, 0) is 14.2 Å². The Morgan fingerprint density at radius 3 is 2.22 bits per heavy atom. The van der Waals surface area contributed by atoms with Gasteiger partial charge in [-0.25, -0.2) is 4.79 Å². The summed E-state index contributed by atoms with van der Waals surface area (Å²) in [5.41, 5.74) is 2.03. The molecule has 0 bridgehead atoms. The lowest BCUT2D eigenvalue weighted by Gasteiger charge is -2.38. The van der Waals surface area contributed by atoms with Gasteiger partial charge in [0.2, 0.25) is 0 Å². The molecule has 0 saturated carbocycles. The molecule has 2 aromatic rings. The van der Waals surface area contributed by atoms with Gasteiger partial charge >= 0.3 is 12.1 Å². The largest absolute Gasteiger partial charge is 0.433 e. The van der Waals surface area contributed by atoms with Crippen molar-refractivity contribution in [2.75, 3.05) is 6.61 Å². The molecule has 5 heteroatoms. The Labute approximate surface area is 159 Å². The van der Waals surface area contributed by atoms with E-state index in [0.717, 1.165) is 11.1 Å². The fourth-order valence-electron chi connectivity index (χ4n) is 3.86. The Bertz CT molecular complexity index is 796. The van der Waals surface area contributed by atoms with Gasteiger partial charge in [-0.3, -0.25) is 4.90 Å². The molecule has 0 aliphatic carbocycles. The number of hydrogen-bond donors (Lipinski definition) is 0. The van der Waals surface area contributed by atoms with E-state index in [1.807, 2.05) is 80.6 Å². The van der Waals surface area contributed by atoms with Crippen LogP contribution in [-0.4, -0.2) is 29.6 Å². The molecular formula is C22H23NO4. The number of amides is 1. The second-order valence-corrected chi connectivity index (χ2v) is 6.70. The van der Waals surface area contributed by atoms with Crippen molar-refractivity contribution < 1.29 is 19.0 Å². The van der Waals surface area contributed by atoms with Crippen LogP contribution >= 0.6 is 0 Å². The van der Waals surface area contributed by atoms with Crippen LogP contribution in [0, 0.1) is 0 Å². The number of hydrogen-bond acceptors (Lipinski definition) is 4. The normalized spacial score (nSPS) is 24.3. The highest BCUT2D eigenvalue weighted by Gasteiger charge is 2.61. The highest BCUT2D eigenvalue weighted by Crippen LogP contribution is 2.45. The second kappa shape index (κ2) is 7.08. The SMILES string of the molecule is CCOC12OC(=O)N(C(c3ccccc3)c3ccccc3)C1CC=C(C)O2. The minimum absolute atomic E-state index is 0.289. The molecule has 1 fully saturated rings. The summed E-state index contributed by atoms with van der Waals surface area (Å²) < 4.78 is 17.5. The summed E-state index contributed by atoms with van der Waals surface area (Å²) in [5, 5.41) is 0. The monoisotopic (exact) mass is 365 g/mol. The molecule has 1 amide bonds. The van der Waals surface area contributed by atoms with E-state index in [-0.39, 0.29) is 12.1 Å². The minimum atomic E-state index is -1.40. The molecule has 2 aliphatic rings. The highest BCUT2D eigenvalue weighted by molar-refractivity contribution is 5.73. The summed E-state index contributed by atoms with van der Waals surface area (Å²) in [5.74, 6) is -0.697. The molecule has 2 heterocycles. The molecule has 4 rings (SSSR count). The molecule has 2 atom stereocenters. The lowest BCUT2D eigenvalue weighted by molar-refractivity contribution is -0.341. The van der Waals surface area contributed by atoms with E-state index in [1.54, 1.807) is 4.90 Å². The lowest BCUT2D eigenvalue weighted by atomic mass is 9.94. The molecule has 140 valence electrons. The fraction of sp³-hybridized carbons (Fsp3) is 0.318. The van der Waals surface area contributed by atoms with Crippen molar-refractivity contribution in [1.82, 2.24) is 4.90 Å². The average molecular weight is 365 g/mol. The number of rotatable bonds is 5. The fourth-order valence-corrected chi connectivity index (χ4v) is 3.86. The summed E-state index contributed by atoms with van der Waals surface area (Å²) in [6.07, 6.45) is 2.15. The van der Waals surface area contributed by atoms with Gasteiger partial charge < -0.3 is 14.2 Å². The number of nitrogens with zero attached hydrogens (tertiary/aromatic N) is 1. The first kappa shape index (κ1) is 17.6. The molecule has 0 aromatic heterocycles. The van der Waals surface area contributed by atoms with Gasteiger partial charge in [0, 0.05) is 0 Å². The van der Waals surface area contributed by atoms with Gasteiger partial charge in [0.25, 0.3) is 0 Å². The van der Waals surface area contributed by atoms with Crippen LogP contribution in [0.1, 0.15) is 37.4 Å². The average Bonchev–Trinajstić information content (AvgIpc) is 2.95. The van der Waals surface area contributed by atoms with Crippen LogP contribution < -0.4 is 0 Å². The molecule has 0 radical (unpaired) electrons. The molecule has 2 aromatic carbocycles. The first-order valence-electron chi connectivity index (χ1n) is 9.25. The third kappa shape index (κ3) is 3.08. The molecule has 5 nitrogen and oxygen atoms in total. The number of ether oxygens (including phenoxy) is 3. The van der Waals surface area contributed by atoms with E-state index >= 15 is 0 Å². The zero-order chi connectivity index (χ0) is 18.9. The van der Waals surface area contributed by atoms with Crippen molar-refractivity contribution in [1.29, 1.82) is 0 Å². The lowest BCUT2D eigenvalue weighted by Crippen LogP contribution is -2.51. The van der Waals surface area contributed by atoms with Crippen molar-refractivity contribution in [3.63, 3.8) is 0 Å². The number of carbonyl (C=O) groups is 1. The number of benzene rings is 2. The minimum Gasteiger partial charge on any atom is -0.433 e. The van der Waals surface area contributed by atoms with Gasteiger partial charge in [-0.15, -0.1) is 0 Å². The maximum Gasteiger partial charge on any atom is 0.416 e. The van der Waals surface area contributed by atoms with E-state index in [9.17, 15) is 4.79 Å². The zero-order valence-electron chi connectivity index (χ0n) is 15.5. The first-order valence-corrected chi connectivity index (χ1v) is 9.25. The van der Waals surface area contributed by atoms with Crippen molar-refractivity contribution in [2.24, 2.45) is 0 Å². The van der Waals surface area contributed by atoms with Crippen LogP contribution in [0.15, 0.2) is 72.5 Å². The van der Waals surface area contributed by atoms with E-state index < -0.39 is 12.1 Å². The third-order valence-corrected chi connectivity index (χ3v) is 4.97. The van der Waals surface area contributed by atoms with Crippen molar-refractivity contribution in [3.05, 3.63) is 83.6 Å². The quantitative estimate of drug-likeness (QED) is 0.776. The standard InChI is InChI=1S/C22H23NO4/c1-3-25-22-19(15-14-16(2)26-22)23(21(24)27-22)20(17-10-6-4-7-11-17)18-12-8-5-9-13-18/h4-14,19-20H,3,15H2,1-2H3. The van der Waals surface area contributed by atoms with Crippen LogP contribution in [0.25, 0.3) is 0 Å². The second-order valence-electron chi connectivity index (χ2n) is 6.70. The number of fused-ring (bicyclic) bond motifs is 1. The van der Waals surface area contributed by atoms with Gasteiger partial charge in [0.15, 0.2) is 0 Å². The first-order chi connectivity index (χ1) is 13.1. The molecule has 0 N–H and O–H groups in total. The Kier molecular flexibility index (Phi) is 4.62. The van der Waals surface area contributed by atoms with Gasteiger partial charge in [-0.2, -0.15) is 0 Å². The Balaban J connectivity index is 1.81. The highest BCUT2D eigenvalue weighted by atomic mass is 16.9. The smallest absolute Gasteiger partial charge is 0.416 e. The molecule has 1 saturated heterocycles. The maximum absolute atomic E-state index is 13.0. The number of allylic oxidation sites excluding steroid dienone is 1. The maximum atomic E-state index is 13.0. The summed E-state index contributed by atoms with van der Waals surface area (Å²) in [6.45, 7) is 4.09. The van der Waals surface area contributed by atoms with Crippen molar-refractivity contribution in [2.45, 2.75) is 38.3 Å². The van der Waals surface area contributed by atoms with E-state index in [4.69, 9.17) is 14.2 Å². The summed E-state index contributed by atoms with van der Waals surface area (Å²) >= 11 is 0. The molecule has 2 aliphatic heterocycles. The Hall–Kier alpha value is -2.79. The van der Waals surface area contributed by atoms with Gasteiger partial charge in [0.1, 0.15) is 6.04 Å². The third-order valence-electron chi connectivity index (χ3n) is 4.97. The van der Waals surface area contributed by atoms with Crippen LogP contribution in [0.2, 0.25) is 0 Å². The Morgan fingerprint density at radius 1 is 1.07 bits per heavy atom. The van der Waals surface area contributed by atoms with Crippen molar-refractivity contribution >= 4 is 6.09 Å². The predicted molar refractivity (Wildman–Crippen MR) is 101 cm³/mol.